The Labute approximate surface area is 325 Å². The summed E-state index contributed by atoms with van der Waals surface area (Å²) in [6.45, 7) is 4.74. The zero-order chi connectivity index (χ0) is 37.7. The van der Waals surface area contributed by atoms with Crippen LogP contribution in [0.1, 0.15) is 30.7 Å². The van der Waals surface area contributed by atoms with Crippen LogP contribution < -0.4 is 11.5 Å². The number of nitrogens with zero attached hydrogens (tertiary/aromatic N) is 1. The minimum atomic E-state index is -0.161. The van der Waals surface area contributed by atoms with Crippen LogP contribution in [0.4, 0.5) is 5.69 Å². The Hall–Kier alpha value is -7.10. The monoisotopic (exact) mass is 717 g/mol. The molecule has 0 radical (unpaired) electrons. The summed E-state index contributed by atoms with van der Waals surface area (Å²) in [7, 11) is 0. The van der Waals surface area contributed by atoms with E-state index >= 15 is 0 Å². The number of para-hydroxylation sites is 1. The van der Waals surface area contributed by atoms with Crippen molar-refractivity contribution in [2.75, 3.05) is 5.73 Å². The number of hydrogen-bond donors (Lipinski definition) is 2. The second-order valence-corrected chi connectivity index (χ2v) is 15.7. The predicted octanol–water partition coefficient (Wildman–Crippen LogP) is 13.4. The van der Waals surface area contributed by atoms with Gasteiger partial charge in [-0.05, 0) is 142 Å². The molecule has 0 atom stereocenters. The number of nitrogen functional groups attached to an aromatic ring is 1. The fourth-order valence-electron chi connectivity index (χ4n) is 9.68. The summed E-state index contributed by atoms with van der Waals surface area (Å²) in [5.41, 5.74) is 26.6. The van der Waals surface area contributed by atoms with Gasteiger partial charge in [-0.1, -0.05) is 135 Å². The van der Waals surface area contributed by atoms with Crippen LogP contribution in [0.25, 0.3) is 99.1 Å². The van der Waals surface area contributed by atoms with Crippen molar-refractivity contribution in [1.29, 1.82) is 0 Å². The number of anilines is 1. The molecule has 0 bridgehead atoms. The van der Waals surface area contributed by atoms with Crippen LogP contribution in [0.15, 0.2) is 170 Å². The summed E-state index contributed by atoms with van der Waals surface area (Å²) in [5.74, 6) is 0. The molecule has 1 aliphatic carbocycles. The normalized spacial score (nSPS) is 13.4. The molecule has 56 heavy (non-hydrogen) atoms. The maximum absolute atomic E-state index is 6.86. The van der Waals surface area contributed by atoms with Gasteiger partial charge in [-0.15, -0.1) is 0 Å². The van der Waals surface area contributed by atoms with Crippen molar-refractivity contribution in [1.82, 2.24) is 4.57 Å². The van der Waals surface area contributed by atoms with Gasteiger partial charge in [0.15, 0.2) is 0 Å². The molecule has 9 aromatic carbocycles. The second kappa shape index (κ2) is 11.9. The highest BCUT2D eigenvalue weighted by molar-refractivity contribution is 6.23. The largest absolute Gasteiger partial charge is 0.405 e. The fourth-order valence-corrected chi connectivity index (χ4v) is 9.68. The van der Waals surface area contributed by atoms with Crippen LogP contribution in [-0.2, 0) is 5.41 Å². The Bertz CT molecular complexity index is 3300. The molecule has 1 heterocycles. The van der Waals surface area contributed by atoms with Crippen molar-refractivity contribution in [3.63, 3.8) is 0 Å². The van der Waals surface area contributed by atoms with E-state index in [-0.39, 0.29) is 5.41 Å². The minimum absolute atomic E-state index is 0.161. The summed E-state index contributed by atoms with van der Waals surface area (Å²) in [4.78, 5) is 0. The van der Waals surface area contributed by atoms with Gasteiger partial charge in [-0.3, -0.25) is 0 Å². The number of hydrogen-bond acceptors (Lipinski definition) is 2. The van der Waals surface area contributed by atoms with Crippen LogP contribution in [0.2, 0.25) is 0 Å². The van der Waals surface area contributed by atoms with Gasteiger partial charge in [-0.25, -0.2) is 0 Å². The molecular weight excluding hydrogens is 679 g/mol. The highest BCUT2D eigenvalue weighted by Crippen LogP contribution is 2.53. The molecule has 10 aromatic rings. The third-order valence-corrected chi connectivity index (χ3v) is 12.3. The third kappa shape index (κ3) is 4.58. The fraction of sp³-hybridized carbons (Fsp3) is 0.0566. The SMILES string of the molecule is CC1(C)c2ccccc2-c2cc3c(-c4ccc5ccccc5c4)c4ccc(-n5c(/C=C\N)c(N)c6ccccc65)cc4c(-c4ccc5ccccc5c4)c3cc21. The van der Waals surface area contributed by atoms with Crippen LogP contribution in [0, 0.1) is 0 Å². The van der Waals surface area contributed by atoms with E-state index in [2.05, 4.69) is 176 Å². The van der Waals surface area contributed by atoms with Gasteiger partial charge >= 0.3 is 0 Å². The molecule has 3 heteroatoms. The average molecular weight is 718 g/mol. The average Bonchev–Trinajstić information content (AvgIpc) is 3.64. The molecule has 11 rings (SSSR count). The van der Waals surface area contributed by atoms with E-state index in [1.54, 1.807) is 6.20 Å². The van der Waals surface area contributed by atoms with Gasteiger partial charge in [0, 0.05) is 16.5 Å². The van der Waals surface area contributed by atoms with Gasteiger partial charge in [0.25, 0.3) is 0 Å². The summed E-state index contributed by atoms with van der Waals surface area (Å²) >= 11 is 0. The van der Waals surface area contributed by atoms with Crippen molar-refractivity contribution in [3.8, 4) is 39.1 Å². The standard InChI is InChI=1S/C53H39N3/c1-53(2)46-17-9-7-15-39(46)42-30-44-45(31-47(42)53)51(37-22-20-33-12-4-6-14-35(33)28-37)43-29-38(56-48-18-10-8-16-41(48)52(55)49(56)25-26-54)23-24-40(43)50(44)36-21-19-32-11-3-5-13-34(32)27-36/h3-31H,54-55H2,1-2H3/b26-25-. The van der Waals surface area contributed by atoms with Gasteiger partial charge in [0.1, 0.15) is 0 Å². The lowest BCUT2D eigenvalue weighted by atomic mass is 9.79. The highest BCUT2D eigenvalue weighted by Gasteiger charge is 2.36. The molecule has 0 unspecified atom stereocenters. The van der Waals surface area contributed by atoms with E-state index in [1.165, 1.54) is 87.6 Å². The molecule has 0 spiro atoms. The molecule has 0 fully saturated rings. The lowest BCUT2D eigenvalue weighted by Gasteiger charge is -2.24. The van der Waals surface area contributed by atoms with E-state index in [0.29, 0.717) is 5.69 Å². The third-order valence-electron chi connectivity index (χ3n) is 12.3. The first kappa shape index (κ1) is 32.3. The Morgan fingerprint density at radius 3 is 1.79 bits per heavy atom. The Morgan fingerprint density at radius 2 is 1.07 bits per heavy atom. The maximum atomic E-state index is 6.86. The number of benzene rings is 9. The van der Waals surface area contributed by atoms with Gasteiger partial charge < -0.3 is 16.0 Å². The lowest BCUT2D eigenvalue weighted by Crippen LogP contribution is -2.14. The number of fused-ring (bicyclic) bond motifs is 8. The van der Waals surface area contributed by atoms with Crippen molar-refractivity contribution in [2.45, 2.75) is 19.3 Å². The van der Waals surface area contributed by atoms with Crippen molar-refractivity contribution >= 4 is 65.8 Å². The summed E-state index contributed by atoms with van der Waals surface area (Å²) in [5, 5.41) is 10.8. The first-order valence-corrected chi connectivity index (χ1v) is 19.3. The van der Waals surface area contributed by atoms with E-state index in [0.717, 1.165) is 22.3 Å². The van der Waals surface area contributed by atoms with Crippen molar-refractivity contribution in [3.05, 3.63) is 187 Å². The quantitative estimate of drug-likeness (QED) is 0.178. The Balaban J connectivity index is 1.33. The van der Waals surface area contributed by atoms with Crippen molar-refractivity contribution in [2.24, 2.45) is 5.73 Å². The second-order valence-electron chi connectivity index (χ2n) is 15.7. The van der Waals surface area contributed by atoms with Crippen LogP contribution in [0.5, 0.6) is 0 Å². The smallest absolute Gasteiger partial charge is 0.0712 e. The molecule has 0 amide bonds. The summed E-state index contributed by atoms with van der Waals surface area (Å²) in [6.07, 6.45) is 3.49. The molecule has 1 aliphatic rings. The minimum Gasteiger partial charge on any atom is -0.405 e. The first-order chi connectivity index (χ1) is 27.4. The zero-order valence-corrected chi connectivity index (χ0v) is 31.3. The predicted molar refractivity (Wildman–Crippen MR) is 239 cm³/mol. The van der Waals surface area contributed by atoms with E-state index < -0.39 is 0 Å². The Morgan fingerprint density at radius 1 is 0.482 bits per heavy atom. The Kier molecular flexibility index (Phi) is 6.90. The molecule has 0 saturated carbocycles. The molecule has 4 N–H and O–H groups in total. The van der Waals surface area contributed by atoms with E-state index in [1.807, 2.05) is 12.1 Å². The summed E-state index contributed by atoms with van der Waals surface area (Å²) in [6, 6.07) is 60.4. The van der Waals surface area contributed by atoms with Crippen molar-refractivity contribution < 1.29 is 0 Å². The number of aromatic nitrogens is 1. The van der Waals surface area contributed by atoms with Crippen LogP contribution >= 0.6 is 0 Å². The number of rotatable bonds is 4. The zero-order valence-electron chi connectivity index (χ0n) is 31.3. The van der Waals surface area contributed by atoms with Crippen LogP contribution in [0.3, 0.4) is 0 Å². The summed E-state index contributed by atoms with van der Waals surface area (Å²) < 4.78 is 2.25. The number of nitrogens with two attached hydrogens (primary N) is 2. The van der Waals surface area contributed by atoms with E-state index in [9.17, 15) is 0 Å². The molecule has 0 saturated heterocycles. The maximum Gasteiger partial charge on any atom is 0.0712 e. The molecule has 1 aromatic heterocycles. The molecule has 0 aliphatic heterocycles. The molecule has 3 nitrogen and oxygen atoms in total. The van der Waals surface area contributed by atoms with Gasteiger partial charge in [0.05, 0.1) is 16.9 Å². The van der Waals surface area contributed by atoms with E-state index in [4.69, 9.17) is 11.5 Å². The molecule has 266 valence electrons. The first-order valence-electron chi connectivity index (χ1n) is 19.3. The lowest BCUT2D eigenvalue weighted by molar-refractivity contribution is 0.661. The topological polar surface area (TPSA) is 57.0 Å². The van der Waals surface area contributed by atoms with Crippen LogP contribution in [-0.4, -0.2) is 4.57 Å². The van der Waals surface area contributed by atoms with Gasteiger partial charge in [-0.2, -0.15) is 0 Å². The highest BCUT2D eigenvalue weighted by atomic mass is 15.0. The molecular formula is C53H39N3. The van der Waals surface area contributed by atoms with Gasteiger partial charge in [0.2, 0.25) is 0 Å².